The van der Waals surface area contributed by atoms with Crippen molar-refractivity contribution in [2.75, 3.05) is 6.54 Å². The number of nitrogens with zero attached hydrogens (tertiary/aromatic N) is 1. The van der Waals surface area contributed by atoms with Crippen molar-refractivity contribution in [3.8, 4) is 0 Å². The molecule has 0 radical (unpaired) electrons. The number of fused-ring (bicyclic) bond motifs is 1. The number of thioether (sulfide) groups is 1. The Balaban J connectivity index is 1.71. The van der Waals surface area contributed by atoms with Crippen molar-refractivity contribution in [2.24, 2.45) is 0 Å². The van der Waals surface area contributed by atoms with Crippen LogP contribution in [0.15, 0.2) is 22.8 Å². The second-order valence-electron chi connectivity index (χ2n) is 5.78. The molecular formula is C14H18N2O3S. The fourth-order valence-corrected chi connectivity index (χ4v) is 4.12. The molecule has 0 bridgehead atoms. The Labute approximate surface area is 122 Å². The van der Waals surface area contributed by atoms with Crippen molar-refractivity contribution in [2.45, 2.75) is 42.9 Å². The lowest BCUT2D eigenvalue weighted by Gasteiger charge is -2.40. The van der Waals surface area contributed by atoms with Gasteiger partial charge in [0.25, 0.3) is 0 Å². The highest BCUT2D eigenvalue weighted by Gasteiger charge is 2.51. The largest absolute Gasteiger partial charge is 0.468 e. The van der Waals surface area contributed by atoms with Gasteiger partial charge in [-0.25, -0.2) is 0 Å². The number of nitrogens with one attached hydrogen (secondary N) is 1. The Morgan fingerprint density at radius 2 is 2.30 bits per heavy atom. The quantitative estimate of drug-likeness (QED) is 0.915. The number of piperazine rings is 1. The molecule has 2 fully saturated rings. The molecule has 2 saturated heterocycles. The van der Waals surface area contributed by atoms with Crippen LogP contribution < -0.4 is 5.32 Å². The van der Waals surface area contributed by atoms with Gasteiger partial charge in [0.2, 0.25) is 11.8 Å². The summed E-state index contributed by atoms with van der Waals surface area (Å²) in [6.07, 6.45) is 2.50. The fourth-order valence-electron chi connectivity index (χ4n) is 2.86. The van der Waals surface area contributed by atoms with Crippen LogP contribution in [0.25, 0.3) is 0 Å². The van der Waals surface area contributed by atoms with Crippen molar-refractivity contribution >= 4 is 23.6 Å². The van der Waals surface area contributed by atoms with Crippen LogP contribution in [0.4, 0.5) is 0 Å². The van der Waals surface area contributed by atoms with Crippen LogP contribution in [0.1, 0.15) is 26.0 Å². The summed E-state index contributed by atoms with van der Waals surface area (Å²) >= 11 is 1.68. The molecule has 2 atom stereocenters. The number of amides is 2. The van der Waals surface area contributed by atoms with Gasteiger partial charge in [0.05, 0.1) is 12.0 Å². The molecule has 0 saturated carbocycles. The van der Waals surface area contributed by atoms with Crippen molar-refractivity contribution in [1.82, 2.24) is 10.2 Å². The van der Waals surface area contributed by atoms with Crippen LogP contribution in [0.5, 0.6) is 0 Å². The van der Waals surface area contributed by atoms with Crippen LogP contribution in [-0.2, 0) is 15.3 Å². The van der Waals surface area contributed by atoms with E-state index in [9.17, 15) is 9.59 Å². The molecular weight excluding hydrogens is 276 g/mol. The third-order valence-electron chi connectivity index (χ3n) is 3.86. The Kier molecular flexibility index (Phi) is 3.28. The van der Waals surface area contributed by atoms with E-state index in [0.717, 1.165) is 17.9 Å². The molecule has 0 aliphatic carbocycles. The van der Waals surface area contributed by atoms with E-state index in [-0.39, 0.29) is 23.1 Å². The van der Waals surface area contributed by atoms with Gasteiger partial charge in [0.15, 0.2) is 0 Å². The fraction of sp³-hybridized carbons (Fsp3) is 0.571. The molecule has 1 aromatic rings. The van der Waals surface area contributed by atoms with Gasteiger partial charge in [-0.2, -0.15) is 0 Å². The minimum Gasteiger partial charge on any atom is -0.468 e. The Hall–Kier alpha value is -1.43. The second kappa shape index (κ2) is 4.84. The lowest BCUT2D eigenvalue weighted by atomic mass is 9.98. The van der Waals surface area contributed by atoms with E-state index in [4.69, 9.17) is 4.42 Å². The molecule has 2 amide bonds. The van der Waals surface area contributed by atoms with E-state index < -0.39 is 5.54 Å². The average Bonchev–Trinajstić information content (AvgIpc) is 3.02. The van der Waals surface area contributed by atoms with E-state index in [1.807, 2.05) is 12.1 Å². The van der Waals surface area contributed by atoms with E-state index in [0.29, 0.717) is 6.54 Å². The van der Waals surface area contributed by atoms with Gasteiger partial charge >= 0.3 is 0 Å². The maximum Gasteiger partial charge on any atom is 0.248 e. The highest BCUT2D eigenvalue weighted by atomic mass is 32.2. The average molecular weight is 294 g/mol. The molecule has 2 aliphatic heterocycles. The number of carbonyl (C=O) groups is 2. The van der Waals surface area contributed by atoms with E-state index in [2.05, 4.69) is 5.32 Å². The summed E-state index contributed by atoms with van der Waals surface area (Å²) in [7, 11) is 0. The molecule has 3 heterocycles. The number of hydrogen-bond acceptors (Lipinski definition) is 4. The zero-order valence-corrected chi connectivity index (χ0v) is 12.4. The van der Waals surface area contributed by atoms with Gasteiger partial charge in [-0.05, 0) is 32.4 Å². The molecule has 3 rings (SSSR count). The second-order valence-corrected chi connectivity index (χ2v) is 7.00. The molecule has 2 aliphatic rings. The van der Waals surface area contributed by atoms with Crippen LogP contribution >= 0.6 is 11.8 Å². The standard InChI is InChI=1S/C14H18N2O3S/c1-14(2)13(18)16-6-5-10(11(16)12(17)15-14)20-8-9-4-3-7-19-9/h3-4,7,10-11H,5-6,8H2,1-2H3,(H,15,17). The van der Waals surface area contributed by atoms with Gasteiger partial charge in [-0.1, -0.05) is 0 Å². The zero-order chi connectivity index (χ0) is 14.3. The third kappa shape index (κ3) is 2.22. The molecule has 108 valence electrons. The summed E-state index contributed by atoms with van der Waals surface area (Å²) in [6.45, 7) is 4.18. The van der Waals surface area contributed by atoms with Crippen LogP contribution in [-0.4, -0.2) is 40.1 Å². The summed E-state index contributed by atoms with van der Waals surface area (Å²) in [4.78, 5) is 26.3. The maximum atomic E-state index is 12.3. The molecule has 20 heavy (non-hydrogen) atoms. The van der Waals surface area contributed by atoms with Gasteiger partial charge in [-0.15, -0.1) is 11.8 Å². The lowest BCUT2D eigenvalue weighted by Crippen LogP contribution is -2.67. The van der Waals surface area contributed by atoms with E-state index in [1.165, 1.54) is 0 Å². The number of rotatable bonds is 3. The maximum absolute atomic E-state index is 12.3. The minimum absolute atomic E-state index is 0.0169. The van der Waals surface area contributed by atoms with Crippen molar-refractivity contribution in [1.29, 1.82) is 0 Å². The highest BCUT2D eigenvalue weighted by molar-refractivity contribution is 7.99. The van der Waals surface area contributed by atoms with Crippen molar-refractivity contribution < 1.29 is 14.0 Å². The van der Waals surface area contributed by atoms with Gasteiger partial charge in [-0.3, -0.25) is 9.59 Å². The topological polar surface area (TPSA) is 62.6 Å². The first kappa shape index (κ1) is 13.5. The van der Waals surface area contributed by atoms with Crippen molar-refractivity contribution in [3.63, 3.8) is 0 Å². The van der Waals surface area contributed by atoms with Crippen LogP contribution in [0.2, 0.25) is 0 Å². The lowest BCUT2D eigenvalue weighted by molar-refractivity contribution is -0.150. The smallest absolute Gasteiger partial charge is 0.248 e. The molecule has 1 aromatic heterocycles. The predicted octanol–water partition coefficient (Wildman–Crippen LogP) is 1.39. The summed E-state index contributed by atoms with van der Waals surface area (Å²) in [5, 5.41) is 2.97. The van der Waals surface area contributed by atoms with E-state index >= 15 is 0 Å². The zero-order valence-electron chi connectivity index (χ0n) is 11.6. The Bertz CT molecular complexity index is 527. The van der Waals surface area contributed by atoms with Gasteiger partial charge in [0, 0.05) is 11.8 Å². The number of hydrogen-bond donors (Lipinski definition) is 1. The molecule has 0 spiro atoms. The van der Waals surface area contributed by atoms with Crippen LogP contribution in [0.3, 0.4) is 0 Å². The summed E-state index contributed by atoms with van der Waals surface area (Å²) in [5.41, 5.74) is -0.784. The van der Waals surface area contributed by atoms with Crippen molar-refractivity contribution in [3.05, 3.63) is 24.2 Å². The Morgan fingerprint density at radius 3 is 3.00 bits per heavy atom. The number of carbonyl (C=O) groups excluding carboxylic acids is 2. The molecule has 0 aromatic carbocycles. The van der Waals surface area contributed by atoms with Gasteiger partial charge < -0.3 is 14.6 Å². The first-order valence-corrected chi connectivity index (χ1v) is 7.81. The summed E-state index contributed by atoms with van der Waals surface area (Å²) in [6, 6.07) is 3.45. The van der Waals surface area contributed by atoms with Gasteiger partial charge in [0.1, 0.15) is 17.3 Å². The van der Waals surface area contributed by atoms with Crippen LogP contribution in [0, 0.1) is 0 Å². The Morgan fingerprint density at radius 1 is 1.50 bits per heavy atom. The summed E-state index contributed by atoms with van der Waals surface area (Å²) < 4.78 is 5.31. The SMILES string of the molecule is CC1(C)NC(=O)C2C(SCc3ccco3)CCN2C1=O. The predicted molar refractivity (Wildman–Crippen MR) is 76.1 cm³/mol. The highest BCUT2D eigenvalue weighted by Crippen LogP contribution is 2.35. The molecule has 6 heteroatoms. The normalized spacial score (nSPS) is 28.4. The molecule has 2 unspecified atom stereocenters. The summed E-state index contributed by atoms with van der Waals surface area (Å²) in [5.74, 6) is 1.61. The number of furan rings is 1. The third-order valence-corrected chi connectivity index (χ3v) is 5.23. The monoisotopic (exact) mass is 294 g/mol. The minimum atomic E-state index is -0.784. The first-order valence-electron chi connectivity index (χ1n) is 6.76. The molecule has 5 nitrogen and oxygen atoms in total. The first-order chi connectivity index (χ1) is 9.49. The van der Waals surface area contributed by atoms with E-state index in [1.54, 1.807) is 36.8 Å². The molecule has 1 N–H and O–H groups in total.